The molecular weight excluding hydrogens is 510 g/mol. The summed E-state index contributed by atoms with van der Waals surface area (Å²) in [6.45, 7) is 4.99. The Bertz CT molecular complexity index is 748. The van der Waals surface area contributed by atoms with Gasteiger partial charge in [0, 0.05) is 12.1 Å². The van der Waals surface area contributed by atoms with Gasteiger partial charge in [-0.05, 0) is 18.4 Å². The molecule has 1 aromatic carbocycles. The van der Waals surface area contributed by atoms with Gasteiger partial charge in [-0.3, -0.25) is 14.9 Å². The highest BCUT2D eigenvalue weighted by Crippen LogP contribution is 2.27. The van der Waals surface area contributed by atoms with Crippen LogP contribution in [-0.2, 0) is 9.53 Å². The van der Waals surface area contributed by atoms with E-state index >= 15 is 0 Å². The van der Waals surface area contributed by atoms with Crippen LogP contribution in [-0.4, -0.2) is 17.5 Å². The average molecular weight is 574 g/mol. The van der Waals surface area contributed by atoms with Gasteiger partial charge in [-0.15, -0.1) is 0 Å². The molecule has 1 aromatic rings. The Hall–Kier alpha value is -1.91. The largest absolute Gasteiger partial charge is 0.465 e. The van der Waals surface area contributed by atoms with E-state index in [1.807, 2.05) is 0 Å². The first-order valence-electron chi connectivity index (χ1n) is 17.5. The standard InChI is InChI=1S/C36H63NO4/c1-3-5-7-9-11-13-15-17-19-21-23-25-27-35(33-28-30-34(31-29-33)37(39)40)36(38)41-32-26-24-22-20-18-16-14-12-10-8-6-4-2/h28-31,35H,3-27,32H2,1-2H3. The SMILES string of the molecule is CCCCCCCCCCCCCCOC(=O)C(CCCCCCCCCCCCCC)c1ccc([N+](=O)[O-])cc1. The molecule has 0 heterocycles. The zero-order valence-corrected chi connectivity index (χ0v) is 26.9. The van der Waals surface area contributed by atoms with Crippen LogP contribution in [0.5, 0.6) is 0 Å². The fraction of sp³-hybridized carbons (Fsp3) is 0.806. The van der Waals surface area contributed by atoms with E-state index in [0.29, 0.717) is 6.61 Å². The first-order valence-corrected chi connectivity index (χ1v) is 17.5. The van der Waals surface area contributed by atoms with E-state index in [1.165, 1.54) is 141 Å². The molecule has 0 N–H and O–H groups in total. The Morgan fingerprint density at radius 3 is 1.37 bits per heavy atom. The highest BCUT2D eigenvalue weighted by molar-refractivity contribution is 5.78. The molecule has 5 nitrogen and oxygen atoms in total. The normalized spacial score (nSPS) is 12.0. The number of benzene rings is 1. The van der Waals surface area contributed by atoms with Crippen molar-refractivity contribution in [1.82, 2.24) is 0 Å². The summed E-state index contributed by atoms with van der Waals surface area (Å²) in [5.74, 6) is -0.513. The monoisotopic (exact) mass is 573 g/mol. The van der Waals surface area contributed by atoms with Gasteiger partial charge in [0.25, 0.3) is 5.69 Å². The number of unbranched alkanes of at least 4 members (excludes halogenated alkanes) is 22. The number of rotatable bonds is 29. The van der Waals surface area contributed by atoms with Crippen LogP contribution in [0.1, 0.15) is 186 Å². The molecule has 1 rings (SSSR count). The minimum atomic E-state index is -0.393. The number of nitrogens with zero attached hydrogens (tertiary/aromatic N) is 1. The fourth-order valence-electron chi connectivity index (χ4n) is 5.65. The van der Waals surface area contributed by atoms with E-state index in [9.17, 15) is 14.9 Å². The molecule has 5 heteroatoms. The van der Waals surface area contributed by atoms with Crippen LogP contribution in [0.25, 0.3) is 0 Å². The molecule has 0 saturated heterocycles. The van der Waals surface area contributed by atoms with Gasteiger partial charge in [-0.25, -0.2) is 0 Å². The van der Waals surface area contributed by atoms with Gasteiger partial charge < -0.3 is 4.74 Å². The summed E-state index contributed by atoms with van der Waals surface area (Å²) in [5.41, 5.74) is 0.890. The smallest absolute Gasteiger partial charge is 0.313 e. The highest BCUT2D eigenvalue weighted by Gasteiger charge is 2.22. The molecule has 0 spiro atoms. The van der Waals surface area contributed by atoms with E-state index in [0.717, 1.165) is 37.7 Å². The molecule has 0 aliphatic heterocycles. The van der Waals surface area contributed by atoms with Crippen molar-refractivity contribution in [2.24, 2.45) is 0 Å². The Kier molecular flexibility index (Phi) is 24.4. The van der Waals surface area contributed by atoms with Gasteiger partial charge in [0.15, 0.2) is 0 Å². The van der Waals surface area contributed by atoms with Gasteiger partial charge >= 0.3 is 5.97 Å². The number of ether oxygens (including phenoxy) is 1. The van der Waals surface area contributed by atoms with Gasteiger partial charge in [-0.2, -0.15) is 0 Å². The van der Waals surface area contributed by atoms with E-state index in [1.54, 1.807) is 12.1 Å². The molecule has 0 amide bonds. The second kappa shape index (κ2) is 27.0. The molecule has 1 unspecified atom stereocenters. The quantitative estimate of drug-likeness (QED) is 0.0413. The summed E-state index contributed by atoms with van der Waals surface area (Å²) in [7, 11) is 0. The van der Waals surface area contributed by atoms with Crippen molar-refractivity contribution in [3.8, 4) is 0 Å². The van der Waals surface area contributed by atoms with Crippen molar-refractivity contribution in [3.63, 3.8) is 0 Å². The lowest BCUT2D eigenvalue weighted by atomic mass is 9.92. The molecule has 236 valence electrons. The number of nitro benzene ring substituents is 1. The third kappa shape index (κ3) is 20.6. The van der Waals surface area contributed by atoms with Crippen molar-refractivity contribution in [1.29, 1.82) is 0 Å². The van der Waals surface area contributed by atoms with Crippen LogP contribution in [0.3, 0.4) is 0 Å². The lowest BCUT2D eigenvalue weighted by molar-refractivity contribution is -0.384. The predicted molar refractivity (Wildman–Crippen MR) is 174 cm³/mol. The molecule has 1 atom stereocenters. The molecule has 0 saturated carbocycles. The Balaban J connectivity index is 2.27. The summed E-state index contributed by atoms with van der Waals surface area (Å²) in [6.07, 6.45) is 31.5. The van der Waals surface area contributed by atoms with Crippen molar-refractivity contribution in [2.75, 3.05) is 6.61 Å². The minimum Gasteiger partial charge on any atom is -0.465 e. The van der Waals surface area contributed by atoms with Crippen LogP contribution in [0.4, 0.5) is 5.69 Å². The molecule has 0 bridgehead atoms. The number of hydrogen-bond donors (Lipinski definition) is 0. The molecule has 0 aliphatic carbocycles. The third-order valence-electron chi connectivity index (χ3n) is 8.38. The fourth-order valence-corrected chi connectivity index (χ4v) is 5.65. The summed E-state index contributed by atoms with van der Waals surface area (Å²) >= 11 is 0. The maximum atomic E-state index is 13.0. The van der Waals surface area contributed by atoms with E-state index in [2.05, 4.69) is 13.8 Å². The average Bonchev–Trinajstić information content (AvgIpc) is 2.98. The van der Waals surface area contributed by atoms with E-state index in [4.69, 9.17) is 4.74 Å². The second-order valence-corrected chi connectivity index (χ2v) is 12.1. The van der Waals surface area contributed by atoms with Crippen molar-refractivity contribution >= 4 is 11.7 Å². The number of non-ortho nitro benzene ring substituents is 1. The molecular formula is C36H63NO4. The summed E-state index contributed by atoms with van der Waals surface area (Å²) in [6, 6.07) is 6.47. The molecule has 41 heavy (non-hydrogen) atoms. The van der Waals surface area contributed by atoms with Crippen LogP contribution in [0.15, 0.2) is 24.3 Å². The number of nitro groups is 1. The molecule has 0 aliphatic rings. The Morgan fingerprint density at radius 2 is 0.976 bits per heavy atom. The lowest BCUT2D eigenvalue weighted by Gasteiger charge is -2.16. The van der Waals surface area contributed by atoms with Gasteiger partial charge in [0.1, 0.15) is 0 Å². The van der Waals surface area contributed by atoms with Crippen LogP contribution < -0.4 is 0 Å². The van der Waals surface area contributed by atoms with Gasteiger partial charge in [0.05, 0.1) is 17.4 Å². The summed E-state index contributed by atoms with van der Waals surface area (Å²) in [4.78, 5) is 23.7. The van der Waals surface area contributed by atoms with Crippen molar-refractivity contribution in [2.45, 2.75) is 180 Å². The Morgan fingerprint density at radius 1 is 0.610 bits per heavy atom. The maximum Gasteiger partial charge on any atom is 0.313 e. The van der Waals surface area contributed by atoms with Crippen LogP contribution in [0.2, 0.25) is 0 Å². The Labute approximate surface area is 252 Å². The number of carbonyl (C=O) groups excluding carboxylic acids is 1. The van der Waals surface area contributed by atoms with Crippen molar-refractivity contribution < 1.29 is 14.5 Å². The summed E-state index contributed by atoms with van der Waals surface area (Å²) < 4.78 is 5.71. The maximum absolute atomic E-state index is 13.0. The number of hydrogen-bond acceptors (Lipinski definition) is 4. The van der Waals surface area contributed by atoms with E-state index in [-0.39, 0.29) is 17.6 Å². The summed E-state index contributed by atoms with van der Waals surface area (Å²) in [5, 5.41) is 11.1. The predicted octanol–water partition coefficient (Wildman–Crippen LogP) is 12.0. The number of carbonyl (C=O) groups is 1. The minimum absolute atomic E-state index is 0.0581. The van der Waals surface area contributed by atoms with E-state index < -0.39 is 4.92 Å². The zero-order chi connectivity index (χ0) is 29.8. The molecule has 0 aromatic heterocycles. The van der Waals surface area contributed by atoms with Gasteiger partial charge in [-0.1, -0.05) is 174 Å². The van der Waals surface area contributed by atoms with Crippen LogP contribution in [0, 0.1) is 10.1 Å². The first-order chi connectivity index (χ1) is 20.1. The number of esters is 1. The third-order valence-corrected chi connectivity index (χ3v) is 8.38. The van der Waals surface area contributed by atoms with Gasteiger partial charge in [0.2, 0.25) is 0 Å². The zero-order valence-electron chi connectivity index (χ0n) is 26.9. The van der Waals surface area contributed by atoms with Crippen LogP contribution >= 0.6 is 0 Å². The molecule has 0 radical (unpaired) electrons. The lowest BCUT2D eigenvalue weighted by Crippen LogP contribution is -2.17. The topological polar surface area (TPSA) is 69.4 Å². The first kappa shape index (κ1) is 37.1. The van der Waals surface area contributed by atoms with Crippen molar-refractivity contribution in [3.05, 3.63) is 39.9 Å². The second-order valence-electron chi connectivity index (χ2n) is 12.1. The molecule has 0 fully saturated rings. The highest BCUT2D eigenvalue weighted by atomic mass is 16.6.